The highest BCUT2D eigenvalue weighted by Crippen LogP contribution is 2.03. The number of nitrogens with one attached hydrogen (secondary N) is 1. The van der Waals surface area contributed by atoms with Crippen molar-refractivity contribution in [3.05, 3.63) is 35.9 Å². The minimum Gasteiger partial charge on any atom is -0.304 e. The number of nitrogens with two attached hydrogens (primary N) is 2. The van der Waals surface area contributed by atoms with Crippen LogP contribution in [0.3, 0.4) is 0 Å². The molecule has 0 atom stereocenters. The van der Waals surface area contributed by atoms with Crippen LogP contribution in [0.25, 0.3) is 0 Å². The van der Waals surface area contributed by atoms with Gasteiger partial charge in [0.15, 0.2) is 0 Å². The molecule has 0 fully saturated rings. The molecule has 0 spiro atoms. The first-order chi connectivity index (χ1) is 6.79. The molecular weight excluding hydrogens is 174 g/mol. The molecule has 0 saturated heterocycles. The third kappa shape index (κ3) is 4.97. The Balaban J connectivity index is 2.05. The average Bonchev–Trinajstić information content (AvgIpc) is 2.18. The van der Waals surface area contributed by atoms with E-state index in [1.165, 1.54) is 12.0 Å². The van der Waals surface area contributed by atoms with E-state index >= 15 is 0 Å². The minimum absolute atomic E-state index is 0.383. The summed E-state index contributed by atoms with van der Waals surface area (Å²) in [7, 11) is 0. The molecule has 0 aliphatic heterocycles. The Bertz CT molecular complexity index is 234. The van der Waals surface area contributed by atoms with E-state index in [0.717, 1.165) is 19.4 Å². The van der Waals surface area contributed by atoms with Crippen molar-refractivity contribution >= 4 is 0 Å². The van der Waals surface area contributed by atoms with Crippen molar-refractivity contribution in [3.63, 3.8) is 0 Å². The zero-order valence-corrected chi connectivity index (χ0v) is 8.45. The molecule has 0 radical (unpaired) electrons. The van der Waals surface area contributed by atoms with E-state index in [1.807, 2.05) is 6.07 Å². The zero-order chi connectivity index (χ0) is 10.2. The quantitative estimate of drug-likeness (QED) is 0.462. The molecule has 1 aromatic carbocycles. The fourth-order valence-corrected chi connectivity index (χ4v) is 1.37. The van der Waals surface area contributed by atoms with E-state index in [4.69, 9.17) is 11.5 Å². The van der Waals surface area contributed by atoms with E-state index in [9.17, 15) is 0 Å². The number of rotatable bonds is 6. The van der Waals surface area contributed by atoms with Crippen molar-refractivity contribution < 1.29 is 0 Å². The van der Waals surface area contributed by atoms with E-state index < -0.39 is 0 Å². The summed E-state index contributed by atoms with van der Waals surface area (Å²) in [6.07, 6.45) is 3.03. The Morgan fingerprint density at radius 2 is 1.79 bits per heavy atom. The summed E-state index contributed by atoms with van der Waals surface area (Å²) in [5, 5.41) is 2.99. The molecule has 0 aliphatic carbocycles. The third-order valence-electron chi connectivity index (χ3n) is 2.12. The van der Waals surface area contributed by atoms with Crippen molar-refractivity contribution in [2.45, 2.75) is 25.6 Å². The van der Waals surface area contributed by atoms with Crippen LogP contribution in [-0.2, 0) is 6.42 Å². The Morgan fingerprint density at radius 1 is 1.07 bits per heavy atom. The first-order valence-corrected chi connectivity index (χ1v) is 5.07. The van der Waals surface area contributed by atoms with E-state index in [2.05, 4.69) is 29.6 Å². The van der Waals surface area contributed by atoms with Crippen molar-refractivity contribution in [2.24, 2.45) is 11.5 Å². The Morgan fingerprint density at radius 3 is 2.43 bits per heavy atom. The van der Waals surface area contributed by atoms with E-state index in [1.54, 1.807) is 0 Å². The zero-order valence-electron chi connectivity index (χ0n) is 8.45. The maximum absolute atomic E-state index is 5.35. The second-order valence-electron chi connectivity index (χ2n) is 3.42. The van der Waals surface area contributed by atoms with Crippen LogP contribution >= 0.6 is 0 Å². The van der Waals surface area contributed by atoms with Gasteiger partial charge in [-0.15, -0.1) is 0 Å². The van der Waals surface area contributed by atoms with Gasteiger partial charge in [-0.25, -0.2) is 0 Å². The summed E-state index contributed by atoms with van der Waals surface area (Å²) < 4.78 is 0. The van der Waals surface area contributed by atoms with Crippen molar-refractivity contribution in [1.29, 1.82) is 0 Å². The number of unbranched alkanes of at least 4 members (excludes halogenated alkanes) is 1. The predicted molar refractivity (Wildman–Crippen MR) is 59.5 cm³/mol. The Kier molecular flexibility index (Phi) is 5.22. The smallest absolute Gasteiger partial charge is 0.106 e. The number of benzene rings is 1. The molecule has 0 unspecified atom stereocenters. The van der Waals surface area contributed by atoms with Gasteiger partial charge in [-0.2, -0.15) is 0 Å². The van der Waals surface area contributed by atoms with Gasteiger partial charge in [0.2, 0.25) is 0 Å². The van der Waals surface area contributed by atoms with Crippen LogP contribution in [0, 0.1) is 0 Å². The van der Waals surface area contributed by atoms with Gasteiger partial charge in [-0.1, -0.05) is 30.3 Å². The van der Waals surface area contributed by atoms with Crippen molar-refractivity contribution in [1.82, 2.24) is 5.32 Å². The molecule has 1 aromatic rings. The largest absolute Gasteiger partial charge is 0.304 e. The molecule has 14 heavy (non-hydrogen) atoms. The fraction of sp³-hybridized carbons (Fsp3) is 0.455. The highest BCUT2D eigenvalue weighted by molar-refractivity contribution is 5.14. The lowest BCUT2D eigenvalue weighted by molar-refractivity contribution is 0.524. The van der Waals surface area contributed by atoms with Gasteiger partial charge in [-0.05, 0) is 31.4 Å². The van der Waals surface area contributed by atoms with Crippen LogP contribution in [0.4, 0.5) is 0 Å². The summed E-state index contributed by atoms with van der Waals surface area (Å²) in [5.74, 6) is 0. The predicted octanol–water partition coefficient (Wildman–Crippen LogP) is 0.800. The van der Waals surface area contributed by atoms with Gasteiger partial charge in [-0.3, -0.25) is 5.32 Å². The highest BCUT2D eigenvalue weighted by Gasteiger charge is 1.93. The maximum atomic E-state index is 5.35. The molecular formula is C11H19N3. The molecule has 0 aromatic heterocycles. The molecule has 0 aliphatic rings. The fourth-order valence-electron chi connectivity index (χ4n) is 1.37. The third-order valence-corrected chi connectivity index (χ3v) is 2.12. The lowest BCUT2D eigenvalue weighted by Gasteiger charge is -2.07. The van der Waals surface area contributed by atoms with Crippen LogP contribution < -0.4 is 16.8 Å². The molecule has 0 bridgehead atoms. The number of hydrogen-bond acceptors (Lipinski definition) is 3. The first kappa shape index (κ1) is 11.2. The molecule has 0 saturated carbocycles. The summed E-state index contributed by atoms with van der Waals surface area (Å²) in [4.78, 5) is 0. The molecule has 5 N–H and O–H groups in total. The second kappa shape index (κ2) is 6.54. The summed E-state index contributed by atoms with van der Waals surface area (Å²) in [6.45, 7) is 0.893. The van der Waals surface area contributed by atoms with Gasteiger partial charge in [0.05, 0.1) is 0 Å². The standard InChI is InChI=1S/C11H19N3/c12-11(13)14-9-5-4-8-10-6-2-1-3-7-10/h1-3,6-7,11,14H,4-5,8-9,12-13H2. The maximum Gasteiger partial charge on any atom is 0.106 e. The lowest BCUT2D eigenvalue weighted by Crippen LogP contribution is -2.45. The van der Waals surface area contributed by atoms with E-state index in [0.29, 0.717) is 0 Å². The molecule has 1 rings (SSSR count). The van der Waals surface area contributed by atoms with E-state index in [-0.39, 0.29) is 6.29 Å². The molecule has 0 amide bonds. The molecule has 78 valence electrons. The molecule has 0 heterocycles. The summed E-state index contributed by atoms with van der Waals surface area (Å²) >= 11 is 0. The monoisotopic (exact) mass is 193 g/mol. The average molecular weight is 193 g/mol. The topological polar surface area (TPSA) is 64.1 Å². The van der Waals surface area contributed by atoms with Crippen LogP contribution in [0.5, 0.6) is 0 Å². The van der Waals surface area contributed by atoms with Gasteiger partial charge in [0.25, 0.3) is 0 Å². The first-order valence-electron chi connectivity index (χ1n) is 5.07. The van der Waals surface area contributed by atoms with Crippen molar-refractivity contribution in [2.75, 3.05) is 6.54 Å². The SMILES string of the molecule is NC(N)NCCCCc1ccccc1. The summed E-state index contributed by atoms with van der Waals surface area (Å²) in [6, 6.07) is 10.5. The van der Waals surface area contributed by atoms with Gasteiger partial charge in [0, 0.05) is 0 Å². The van der Waals surface area contributed by atoms with Gasteiger partial charge < -0.3 is 11.5 Å². The molecule has 3 nitrogen and oxygen atoms in total. The Hall–Kier alpha value is -0.900. The Labute approximate surface area is 85.5 Å². The number of hydrogen-bond donors (Lipinski definition) is 3. The van der Waals surface area contributed by atoms with Crippen LogP contribution in [0.2, 0.25) is 0 Å². The van der Waals surface area contributed by atoms with Crippen molar-refractivity contribution in [3.8, 4) is 0 Å². The summed E-state index contributed by atoms with van der Waals surface area (Å²) in [5.41, 5.74) is 12.1. The van der Waals surface area contributed by atoms with Crippen LogP contribution in [-0.4, -0.2) is 12.8 Å². The molecule has 3 heteroatoms. The van der Waals surface area contributed by atoms with Gasteiger partial charge in [0.1, 0.15) is 6.29 Å². The minimum atomic E-state index is -0.383. The van der Waals surface area contributed by atoms with Crippen LogP contribution in [0.1, 0.15) is 18.4 Å². The van der Waals surface area contributed by atoms with Gasteiger partial charge >= 0.3 is 0 Å². The second-order valence-corrected chi connectivity index (χ2v) is 3.42. The highest BCUT2D eigenvalue weighted by atomic mass is 15.1. The van der Waals surface area contributed by atoms with Crippen LogP contribution in [0.15, 0.2) is 30.3 Å². The number of aryl methyl sites for hydroxylation is 1. The lowest BCUT2D eigenvalue weighted by atomic mass is 10.1. The normalized spacial score (nSPS) is 10.8.